The highest BCUT2D eigenvalue weighted by molar-refractivity contribution is 5.76. The van der Waals surface area contributed by atoms with E-state index in [0.717, 1.165) is 0 Å². The number of ether oxygens (including phenoxy) is 4. The van der Waals surface area contributed by atoms with Crippen LogP contribution in [0.5, 0.6) is 0 Å². The lowest BCUT2D eigenvalue weighted by molar-refractivity contribution is -0.154. The molecule has 0 atom stereocenters. The number of isocyanates is 2. The van der Waals surface area contributed by atoms with Crippen molar-refractivity contribution >= 4 is 30.1 Å². The van der Waals surface area contributed by atoms with Crippen molar-refractivity contribution < 1.29 is 42.9 Å². The standard InChI is InChI=1S/C13H13N3O9/c14-4-22-9-25-13(21)3-10(1-11(19)23-7-15-5-17)2-12(20)24-8-16-6-18/h10H,1-3,7-9H2. The van der Waals surface area contributed by atoms with Gasteiger partial charge in [-0.15, -0.1) is 0 Å². The third-order valence-electron chi connectivity index (χ3n) is 2.42. The van der Waals surface area contributed by atoms with E-state index in [1.54, 1.807) is 0 Å². The van der Waals surface area contributed by atoms with E-state index in [1.165, 1.54) is 18.4 Å². The van der Waals surface area contributed by atoms with Crippen molar-refractivity contribution in [3.63, 3.8) is 0 Å². The lowest BCUT2D eigenvalue weighted by Crippen LogP contribution is -2.21. The molecule has 0 unspecified atom stereocenters. The molecule has 12 heteroatoms. The van der Waals surface area contributed by atoms with E-state index >= 15 is 0 Å². The van der Waals surface area contributed by atoms with Crippen molar-refractivity contribution in [1.82, 2.24) is 0 Å². The molecule has 0 rings (SSSR count). The number of carbonyl (C=O) groups is 3. The Morgan fingerprint density at radius 2 is 1.28 bits per heavy atom. The number of esters is 3. The minimum absolute atomic E-state index is 0.380. The molecule has 0 aliphatic heterocycles. The molecule has 134 valence electrons. The summed E-state index contributed by atoms with van der Waals surface area (Å²) in [5.74, 6) is -3.36. The lowest BCUT2D eigenvalue weighted by Gasteiger charge is -2.14. The molecule has 0 saturated carbocycles. The largest absolute Gasteiger partial charge is 0.442 e. The van der Waals surface area contributed by atoms with E-state index in [4.69, 9.17) is 5.26 Å². The second-order valence-electron chi connectivity index (χ2n) is 4.14. The van der Waals surface area contributed by atoms with Crippen molar-refractivity contribution in [2.75, 3.05) is 20.3 Å². The summed E-state index contributed by atoms with van der Waals surface area (Å²) >= 11 is 0. The van der Waals surface area contributed by atoms with E-state index in [0.29, 0.717) is 0 Å². The van der Waals surface area contributed by atoms with Crippen molar-refractivity contribution in [2.45, 2.75) is 19.3 Å². The summed E-state index contributed by atoms with van der Waals surface area (Å²) < 4.78 is 17.8. The van der Waals surface area contributed by atoms with E-state index < -0.39 is 44.1 Å². The smallest absolute Gasteiger partial charge is 0.308 e. The summed E-state index contributed by atoms with van der Waals surface area (Å²) in [6.45, 7) is -1.71. The molecule has 0 fully saturated rings. The molecule has 0 saturated heterocycles. The Hall–Kier alpha value is -3.54. The summed E-state index contributed by atoms with van der Waals surface area (Å²) in [5.41, 5.74) is 0. The maximum absolute atomic E-state index is 11.6. The van der Waals surface area contributed by atoms with Crippen molar-refractivity contribution in [1.29, 1.82) is 5.26 Å². The number of aliphatic imine (C=N–C) groups is 2. The summed E-state index contributed by atoms with van der Waals surface area (Å²) in [4.78, 5) is 60.4. The van der Waals surface area contributed by atoms with Crippen LogP contribution in [0.4, 0.5) is 0 Å². The molecule has 0 radical (unpaired) electrons. The first-order chi connectivity index (χ1) is 12.0. The van der Waals surface area contributed by atoms with Gasteiger partial charge in [0.05, 0.1) is 0 Å². The Morgan fingerprint density at radius 1 is 0.840 bits per heavy atom. The van der Waals surface area contributed by atoms with Crippen LogP contribution < -0.4 is 0 Å². The monoisotopic (exact) mass is 355 g/mol. The highest BCUT2D eigenvalue weighted by Crippen LogP contribution is 2.16. The van der Waals surface area contributed by atoms with E-state index in [-0.39, 0.29) is 19.3 Å². The highest BCUT2D eigenvalue weighted by atomic mass is 16.7. The van der Waals surface area contributed by atoms with Crippen LogP contribution in [0.2, 0.25) is 0 Å². The van der Waals surface area contributed by atoms with Gasteiger partial charge in [-0.25, -0.2) is 9.59 Å². The lowest BCUT2D eigenvalue weighted by atomic mass is 9.97. The summed E-state index contributed by atoms with van der Waals surface area (Å²) in [5, 5.41) is 8.15. The molecule has 0 aliphatic rings. The predicted octanol–water partition coefficient (Wildman–Crippen LogP) is -0.556. The fourth-order valence-electron chi connectivity index (χ4n) is 1.48. The van der Waals surface area contributed by atoms with E-state index in [1.807, 2.05) is 0 Å². The molecular weight excluding hydrogens is 342 g/mol. The van der Waals surface area contributed by atoms with E-state index in [9.17, 15) is 24.0 Å². The Bertz CT molecular complexity index is 564. The van der Waals surface area contributed by atoms with Gasteiger partial charge >= 0.3 is 17.9 Å². The third-order valence-corrected chi connectivity index (χ3v) is 2.42. The number of carbonyl (C=O) groups excluding carboxylic acids is 5. The molecule has 0 bridgehead atoms. The molecule has 0 aliphatic carbocycles. The molecular formula is C13H13N3O9. The van der Waals surface area contributed by atoms with Gasteiger partial charge in [0.15, 0.2) is 13.5 Å². The molecule has 0 amide bonds. The minimum atomic E-state index is -0.866. The van der Waals surface area contributed by atoms with Gasteiger partial charge in [0.2, 0.25) is 19.0 Å². The Labute approximate surface area is 141 Å². The van der Waals surface area contributed by atoms with Crippen LogP contribution in [0.1, 0.15) is 19.3 Å². The maximum atomic E-state index is 11.6. The Balaban J connectivity index is 4.62. The Kier molecular flexibility index (Phi) is 12.1. The molecule has 0 aromatic heterocycles. The molecule has 0 spiro atoms. The predicted molar refractivity (Wildman–Crippen MR) is 73.2 cm³/mol. The third kappa shape index (κ3) is 12.7. The van der Waals surface area contributed by atoms with Gasteiger partial charge in [0, 0.05) is 19.3 Å². The highest BCUT2D eigenvalue weighted by Gasteiger charge is 2.23. The van der Waals surface area contributed by atoms with E-state index in [2.05, 4.69) is 28.9 Å². The van der Waals surface area contributed by atoms with Crippen LogP contribution in [0.3, 0.4) is 0 Å². The zero-order valence-electron chi connectivity index (χ0n) is 12.8. The number of nitrogens with zero attached hydrogens (tertiary/aromatic N) is 3. The SMILES string of the molecule is N#COCOC(=O)CC(CC(=O)OCN=C=O)CC(=O)OCN=C=O. The van der Waals surface area contributed by atoms with Gasteiger partial charge in [0.25, 0.3) is 6.26 Å². The number of rotatable bonds is 12. The van der Waals surface area contributed by atoms with Gasteiger partial charge in [0.1, 0.15) is 0 Å². The van der Waals surface area contributed by atoms with Crippen LogP contribution in [0, 0.1) is 17.4 Å². The topological polar surface area (TPSA) is 171 Å². The normalized spacial score (nSPS) is 10.0. The van der Waals surface area contributed by atoms with Crippen LogP contribution >= 0.6 is 0 Å². The average molecular weight is 355 g/mol. The van der Waals surface area contributed by atoms with Crippen LogP contribution in [-0.2, 0) is 42.9 Å². The second kappa shape index (κ2) is 14.1. The number of hydrogen-bond donors (Lipinski definition) is 0. The second-order valence-corrected chi connectivity index (χ2v) is 4.14. The van der Waals surface area contributed by atoms with Gasteiger partial charge in [-0.1, -0.05) is 0 Å². The van der Waals surface area contributed by atoms with Gasteiger partial charge in [-0.2, -0.15) is 15.2 Å². The molecule has 25 heavy (non-hydrogen) atoms. The molecule has 0 N–H and O–H groups in total. The van der Waals surface area contributed by atoms with Crippen LogP contribution in [-0.4, -0.2) is 50.3 Å². The molecule has 0 aromatic rings. The van der Waals surface area contributed by atoms with Crippen LogP contribution in [0.15, 0.2) is 9.98 Å². The zero-order chi connectivity index (χ0) is 18.9. The van der Waals surface area contributed by atoms with Crippen molar-refractivity contribution in [3.05, 3.63) is 0 Å². The number of nitriles is 1. The van der Waals surface area contributed by atoms with Gasteiger partial charge in [-0.3, -0.25) is 14.4 Å². The first kappa shape index (κ1) is 21.5. The van der Waals surface area contributed by atoms with Crippen molar-refractivity contribution in [2.24, 2.45) is 15.9 Å². The molecule has 0 heterocycles. The molecule has 12 nitrogen and oxygen atoms in total. The zero-order valence-corrected chi connectivity index (χ0v) is 12.8. The average Bonchev–Trinajstić information content (AvgIpc) is 2.55. The Morgan fingerprint density at radius 3 is 1.68 bits per heavy atom. The van der Waals surface area contributed by atoms with Gasteiger partial charge in [-0.05, 0) is 5.92 Å². The first-order valence-electron chi connectivity index (χ1n) is 6.58. The fraction of sp³-hybridized carbons (Fsp3) is 0.538. The maximum Gasteiger partial charge on any atom is 0.308 e. The summed E-state index contributed by atoms with van der Waals surface area (Å²) in [6, 6.07) is 0. The fourth-order valence-corrected chi connectivity index (χ4v) is 1.48. The summed E-state index contributed by atoms with van der Waals surface area (Å²) in [6.07, 6.45) is 2.48. The molecule has 0 aromatic carbocycles. The van der Waals surface area contributed by atoms with Gasteiger partial charge < -0.3 is 18.9 Å². The van der Waals surface area contributed by atoms with Crippen molar-refractivity contribution in [3.8, 4) is 6.26 Å². The quantitative estimate of drug-likeness (QED) is 0.0840. The summed E-state index contributed by atoms with van der Waals surface area (Å²) in [7, 11) is 0. The minimum Gasteiger partial charge on any atom is -0.442 e. The number of hydrogen-bond acceptors (Lipinski definition) is 12. The first-order valence-corrected chi connectivity index (χ1v) is 6.58. The van der Waals surface area contributed by atoms with Crippen LogP contribution in [0.25, 0.3) is 0 Å².